The van der Waals surface area contributed by atoms with Gasteiger partial charge in [0.15, 0.2) is 5.82 Å². The lowest BCUT2D eigenvalue weighted by Gasteiger charge is -2.33. The van der Waals surface area contributed by atoms with Crippen LogP contribution in [0.5, 0.6) is 5.75 Å². The van der Waals surface area contributed by atoms with Crippen LogP contribution < -0.4 is 15.0 Å². The van der Waals surface area contributed by atoms with E-state index < -0.39 is 0 Å². The maximum atomic E-state index is 5.48. The molecular weight excluding hydrogens is 288 g/mol. The second-order valence-corrected chi connectivity index (χ2v) is 5.82. The minimum absolute atomic E-state index is 0.484. The first-order valence-electron chi connectivity index (χ1n) is 8.33. The third-order valence-corrected chi connectivity index (χ3v) is 4.13. The summed E-state index contributed by atoms with van der Waals surface area (Å²) < 4.78 is 5.48. The molecule has 0 spiro atoms. The zero-order valence-electron chi connectivity index (χ0n) is 13.6. The molecule has 23 heavy (non-hydrogen) atoms. The minimum atomic E-state index is 0.484. The number of aromatic nitrogens is 2. The van der Waals surface area contributed by atoms with Crippen molar-refractivity contribution in [1.82, 2.24) is 15.5 Å². The first kappa shape index (κ1) is 15.7. The molecule has 0 radical (unpaired) electrons. The van der Waals surface area contributed by atoms with E-state index in [-0.39, 0.29) is 0 Å². The molecule has 0 amide bonds. The number of anilines is 1. The van der Waals surface area contributed by atoms with Crippen molar-refractivity contribution in [3.8, 4) is 5.75 Å². The number of hydrogen-bond acceptors (Lipinski definition) is 5. The first-order chi connectivity index (χ1) is 11.3. The van der Waals surface area contributed by atoms with E-state index in [1.807, 2.05) is 31.2 Å². The van der Waals surface area contributed by atoms with E-state index in [0.717, 1.165) is 31.2 Å². The molecule has 5 heteroatoms. The number of rotatable bonds is 6. The van der Waals surface area contributed by atoms with Crippen LogP contribution in [-0.2, 0) is 6.54 Å². The van der Waals surface area contributed by atoms with Gasteiger partial charge in [-0.05, 0) is 49.6 Å². The highest BCUT2D eigenvalue weighted by Gasteiger charge is 2.20. The first-order valence-corrected chi connectivity index (χ1v) is 8.33. The third-order valence-electron chi connectivity index (χ3n) is 4.13. The predicted molar refractivity (Wildman–Crippen MR) is 91.7 cm³/mol. The van der Waals surface area contributed by atoms with Crippen LogP contribution >= 0.6 is 0 Å². The summed E-state index contributed by atoms with van der Waals surface area (Å²) >= 11 is 0. The highest BCUT2D eigenvalue weighted by molar-refractivity contribution is 5.37. The van der Waals surface area contributed by atoms with Crippen LogP contribution in [0.1, 0.15) is 25.3 Å². The number of ether oxygens (including phenoxy) is 1. The van der Waals surface area contributed by atoms with Crippen LogP contribution in [0.4, 0.5) is 5.82 Å². The van der Waals surface area contributed by atoms with Crippen molar-refractivity contribution in [1.29, 1.82) is 0 Å². The minimum Gasteiger partial charge on any atom is -0.494 e. The fourth-order valence-corrected chi connectivity index (χ4v) is 2.95. The van der Waals surface area contributed by atoms with Crippen molar-refractivity contribution < 1.29 is 4.74 Å². The van der Waals surface area contributed by atoms with Gasteiger partial charge in [-0.1, -0.05) is 12.1 Å². The zero-order valence-corrected chi connectivity index (χ0v) is 13.6. The average Bonchev–Trinajstić information content (AvgIpc) is 2.62. The largest absolute Gasteiger partial charge is 0.494 e. The molecule has 2 heterocycles. The van der Waals surface area contributed by atoms with Gasteiger partial charge in [0.05, 0.1) is 6.61 Å². The van der Waals surface area contributed by atoms with Gasteiger partial charge in [0, 0.05) is 31.9 Å². The Hall–Kier alpha value is -2.14. The molecule has 1 N–H and O–H groups in total. The van der Waals surface area contributed by atoms with Crippen molar-refractivity contribution in [3.63, 3.8) is 0 Å². The van der Waals surface area contributed by atoms with E-state index in [1.165, 1.54) is 18.4 Å². The van der Waals surface area contributed by atoms with Crippen molar-refractivity contribution in [2.45, 2.75) is 32.4 Å². The van der Waals surface area contributed by atoms with Gasteiger partial charge < -0.3 is 15.0 Å². The summed E-state index contributed by atoms with van der Waals surface area (Å²) in [5.41, 5.74) is 1.28. The Morgan fingerprint density at radius 1 is 1.26 bits per heavy atom. The van der Waals surface area contributed by atoms with Crippen molar-refractivity contribution in [3.05, 3.63) is 48.2 Å². The molecule has 5 nitrogen and oxygen atoms in total. The second kappa shape index (κ2) is 7.92. The number of piperidine rings is 1. The van der Waals surface area contributed by atoms with E-state index in [4.69, 9.17) is 4.74 Å². The van der Waals surface area contributed by atoms with Gasteiger partial charge >= 0.3 is 0 Å². The summed E-state index contributed by atoms with van der Waals surface area (Å²) in [6.07, 6.45) is 4.10. The van der Waals surface area contributed by atoms with Crippen molar-refractivity contribution in [2.75, 3.05) is 24.6 Å². The fourth-order valence-electron chi connectivity index (χ4n) is 2.95. The number of nitrogens with zero attached hydrogens (tertiary/aromatic N) is 3. The average molecular weight is 312 g/mol. The van der Waals surface area contributed by atoms with Gasteiger partial charge in [0.2, 0.25) is 0 Å². The number of hydrogen-bond donors (Lipinski definition) is 1. The Kier molecular flexibility index (Phi) is 5.42. The molecule has 1 fully saturated rings. The van der Waals surface area contributed by atoms with Gasteiger partial charge in [-0.3, -0.25) is 0 Å². The molecule has 1 aromatic carbocycles. The zero-order chi connectivity index (χ0) is 15.9. The molecule has 0 aliphatic carbocycles. The predicted octanol–water partition coefficient (Wildman–Crippen LogP) is 2.63. The Labute approximate surface area is 137 Å². The van der Waals surface area contributed by atoms with Crippen LogP contribution in [0.3, 0.4) is 0 Å². The Bertz CT molecular complexity index is 588. The Balaban J connectivity index is 1.52. The topological polar surface area (TPSA) is 50.3 Å². The summed E-state index contributed by atoms with van der Waals surface area (Å²) in [5.74, 6) is 1.91. The lowest BCUT2D eigenvalue weighted by atomic mass is 10.1. The molecule has 122 valence electrons. The van der Waals surface area contributed by atoms with Gasteiger partial charge in [-0.15, -0.1) is 5.10 Å². The molecule has 3 rings (SSSR count). The number of benzene rings is 1. The fraction of sp³-hybridized carbons (Fsp3) is 0.444. The molecule has 1 saturated heterocycles. The second-order valence-electron chi connectivity index (χ2n) is 5.82. The van der Waals surface area contributed by atoms with E-state index in [2.05, 4.69) is 32.5 Å². The van der Waals surface area contributed by atoms with Gasteiger partial charge in [-0.2, -0.15) is 5.10 Å². The van der Waals surface area contributed by atoms with E-state index in [9.17, 15) is 0 Å². The Morgan fingerprint density at radius 3 is 2.87 bits per heavy atom. The van der Waals surface area contributed by atoms with Crippen LogP contribution in [0.15, 0.2) is 42.6 Å². The summed E-state index contributed by atoms with van der Waals surface area (Å²) in [7, 11) is 0. The van der Waals surface area contributed by atoms with Crippen LogP contribution in [0.25, 0.3) is 0 Å². The summed E-state index contributed by atoms with van der Waals surface area (Å²) in [6.45, 7) is 5.63. The molecule has 1 atom stereocenters. The van der Waals surface area contributed by atoms with E-state index >= 15 is 0 Å². The smallest absolute Gasteiger partial charge is 0.151 e. The maximum absolute atomic E-state index is 5.48. The maximum Gasteiger partial charge on any atom is 0.151 e. The molecule has 0 bridgehead atoms. The monoisotopic (exact) mass is 312 g/mol. The van der Waals surface area contributed by atoms with Crippen LogP contribution in [0.2, 0.25) is 0 Å². The highest BCUT2D eigenvalue weighted by Crippen LogP contribution is 2.17. The molecule has 2 aromatic rings. The Morgan fingerprint density at radius 2 is 2.13 bits per heavy atom. The summed E-state index contributed by atoms with van der Waals surface area (Å²) in [6, 6.07) is 12.8. The van der Waals surface area contributed by atoms with Gasteiger partial charge in [0.1, 0.15) is 5.75 Å². The van der Waals surface area contributed by atoms with Gasteiger partial charge in [-0.25, -0.2) is 0 Å². The molecule has 1 aliphatic rings. The number of nitrogens with one attached hydrogen (secondary N) is 1. The molecule has 1 aliphatic heterocycles. The molecule has 1 aromatic heterocycles. The summed E-state index contributed by atoms with van der Waals surface area (Å²) in [4.78, 5) is 2.31. The molecular formula is C18H24N4O. The SMILES string of the molecule is CCOc1ccc(CNC2CCCN(c3cccnn3)C2)cc1. The van der Waals surface area contributed by atoms with Crippen molar-refractivity contribution in [2.24, 2.45) is 0 Å². The van der Waals surface area contributed by atoms with Crippen LogP contribution in [0, 0.1) is 0 Å². The van der Waals surface area contributed by atoms with E-state index in [0.29, 0.717) is 12.6 Å². The lowest BCUT2D eigenvalue weighted by Crippen LogP contribution is -2.45. The standard InChI is InChI=1S/C18H24N4O/c1-2-23-17-9-7-15(8-10-17)13-19-16-5-4-12-22(14-16)18-6-3-11-20-21-18/h3,6-11,16,19H,2,4-5,12-14H2,1H3. The van der Waals surface area contributed by atoms with Gasteiger partial charge in [0.25, 0.3) is 0 Å². The molecule has 0 saturated carbocycles. The highest BCUT2D eigenvalue weighted by atomic mass is 16.5. The lowest BCUT2D eigenvalue weighted by molar-refractivity contribution is 0.340. The third kappa shape index (κ3) is 4.42. The normalized spacial score (nSPS) is 18.0. The summed E-state index contributed by atoms with van der Waals surface area (Å²) in [5, 5.41) is 11.9. The van der Waals surface area contributed by atoms with E-state index in [1.54, 1.807) is 6.20 Å². The quantitative estimate of drug-likeness (QED) is 0.888. The van der Waals surface area contributed by atoms with Crippen LogP contribution in [-0.4, -0.2) is 35.9 Å². The van der Waals surface area contributed by atoms with Crippen molar-refractivity contribution >= 4 is 5.82 Å². The molecule has 1 unspecified atom stereocenters.